The topological polar surface area (TPSA) is 92.6 Å². The van der Waals surface area contributed by atoms with Crippen LogP contribution in [0.2, 0.25) is 5.02 Å². The molecular formula is C17H21ClN4O2. The number of carbonyl (C=O) groups is 1. The molecule has 0 aliphatic carbocycles. The lowest BCUT2D eigenvalue weighted by Gasteiger charge is -2.11. The van der Waals surface area contributed by atoms with E-state index in [1.807, 2.05) is 31.2 Å². The predicted molar refractivity (Wildman–Crippen MR) is 95.2 cm³/mol. The number of benzene rings is 1. The normalized spacial score (nSPS) is 11.3. The van der Waals surface area contributed by atoms with Gasteiger partial charge in [-0.05, 0) is 43.2 Å². The highest BCUT2D eigenvalue weighted by atomic mass is 35.5. The summed E-state index contributed by atoms with van der Waals surface area (Å²) in [4.78, 5) is 15.4. The predicted octanol–water partition coefficient (Wildman–Crippen LogP) is 2.33. The van der Waals surface area contributed by atoms with Crippen LogP contribution in [0, 0.1) is 0 Å². The van der Waals surface area contributed by atoms with Crippen molar-refractivity contribution in [3.8, 4) is 0 Å². The molecule has 6 nitrogen and oxygen atoms in total. The van der Waals surface area contributed by atoms with E-state index in [0.717, 1.165) is 24.5 Å². The van der Waals surface area contributed by atoms with E-state index in [4.69, 9.17) is 21.8 Å². The van der Waals surface area contributed by atoms with E-state index in [0.29, 0.717) is 18.3 Å². The molecule has 0 fully saturated rings. The van der Waals surface area contributed by atoms with Crippen LogP contribution in [-0.2, 0) is 13.0 Å². The summed E-state index contributed by atoms with van der Waals surface area (Å²) >= 11 is 5.88. The van der Waals surface area contributed by atoms with Crippen LogP contribution in [0.15, 0.2) is 45.8 Å². The Morgan fingerprint density at radius 1 is 1.21 bits per heavy atom. The molecule has 0 atom stereocenters. The molecule has 4 N–H and O–H groups in total. The van der Waals surface area contributed by atoms with Crippen molar-refractivity contribution in [1.82, 2.24) is 10.6 Å². The summed E-state index contributed by atoms with van der Waals surface area (Å²) in [5.41, 5.74) is 6.35. The maximum absolute atomic E-state index is 11.0. The summed E-state index contributed by atoms with van der Waals surface area (Å²) in [6, 6.07) is 11.0. The van der Waals surface area contributed by atoms with Crippen LogP contribution in [0.1, 0.15) is 28.8 Å². The lowest BCUT2D eigenvalue weighted by Crippen LogP contribution is -2.38. The van der Waals surface area contributed by atoms with E-state index in [9.17, 15) is 4.79 Å². The Balaban J connectivity index is 1.87. The van der Waals surface area contributed by atoms with Gasteiger partial charge in [0.2, 0.25) is 0 Å². The Labute approximate surface area is 146 Å². The number of hydrogen-bond acceptors (Lipinski definition) is 3. The summed E-state index contributed by atoms with van der Waals surface area (Å²) in [5, 5.41) is 7.15. The summed E-state index contributed by atoms with van der Waals surface area (Å²) in [6.07, 6.45) is 0.855. The molecular weight excluding hydrogens is 328 g/mol. The van der Waals surface area contributed by atoms with Crippen LogP contribution in [-0.4, -0.2) is 25.0 Å². The van der Waals surface area contributed by atoms with Crippen LogP contribution in [0.5, 0.6) is 0 Å². The van der Waals surface area contributed by atoms with Gasteiger partial charge in [-0.1, -0.05) is 23.7 Å². The average Bonchev–Trinajstić information content (AvgIpc) is 3.04. The number of rotatable bonds is 7. The summed E-state index contributed by atoms with van der Waals surface area (Å²) in [7, 11) is 0. The third kappa shape index (κ3) is 5.62. The molecule has 2 rings (SSSR count). The lowest BCUT2D eigenvalue weighted by molar-refractivity contribution is 0.0972. The SMILES string of the molecule is CCNC(=NCc1ccc(C(N)=O)o1)NCCc1ccc(Cl)cc1. The molecule has 1 heterocycles. The fraction of sp³-hybridized carbons (Fsp3) is 0.294. The van der Waals surface area contributed by atoms with Gasteiger partial charge in [0.1, 0.15) is 12.3 Å². The highest BCUT2D eigenvalue weighted by molar-refractivity contribution is 6.30. The standard InChI is InChI=1S/C17H21ClN4O2/c1-2-20-17(21-10-9-12-3-5-13(18)6-4-12)22-11-14-7-8-15(24-14)16(19)23/h3-8H,2,9-11H2,1H3,(H2,19,23)(H2,20,21,22). The van der Waals surface area contributed by atoms with E-state index >= 15 is 0 Å². The van der Waals surface area contributed by atoms with E-state index in [1.54, 1.807) is 12.1 Å². The first-order valence-corrected chi connectivity index (χ1v) is 8.11. The fourth-order valence-corrected chi connectivity index (χ4v) is 2.20. The minimum atomic E-state index is -0.585. The third-order valence-electron chi connectivity index (χ3n) is 3.26. The largest absolute Gasteiger partial charge is 0.454 e. The first-order valence-electron chi connectivity index (χ1n) is 7.73. The number of aliphatic imine (C=N–C) groups is 1. The van der Waals surface area contributed by atoms with E-state index < -0.39 is 5.91 Å². The Hall–Kier alpha value is -2.47. The first-order chi connectivity index (χ1) is 11.6. The number of furan rings is 1. The summed E-state index contributed by atoms with van der Waals surface area (Å²) in [5.74, 6) is 0.821. The van der Waals surface area contributed by atoms with Gasteiger partial charge in [0.15, 0.2) is 11.7 Å². The van der Waals surface area contributed by atoms with E-state index in [1.165, 1.54) is 5.56 Å². The maximum atomic E-state index is 11.0. The monoisotopic (exact) mass is 348 g/mol. The fourth-order valence-electron chi connectivity index (χ4n) is 2.07. The van der Waals surface area contributed by atoms with Gasteiger partial charge >= 0.3 is 0 Å². The van der Waals surface area contributed by atoms with Crippen molar-refractivity contribution in [2.45, 2.75) is 19.9 Å². The number of primary amides is 1. The summed E-state index contributed by atoms with van der Waals surface area (Å²) < 4.78 is 5.31. The number of halogens is 1. The zero-order valence-corrected chi connectivity index (χ0v) is 14.3. The van der Waals surface area contributed by atoms with Crippen molar-refractivity contribution in [1.29, 1.82) is 0 Å². The molecule has 0 unspecified atom stereocenters. The number of nitrogens with two attached hydrogens (primary N) is 1. The Morgan fingerprint density at radius 2 is 1.96 bits per heavy atom. The Morgan fingerprint density at radius 3 is 2.58 bits per heavy atom. The van der Waals surface area contributed by atoms with E-state index in [-0.39, 0.29) is 5.76 Å². The van der Waals surface area contributed by atoms with Crippen LogP contribution < -0.4 is 16.4 Å². The number of nitrogens with zero attached hydrogens (tertiary/aromatic N) is 1. The molecule has 0 aliphatic heterocycles. The number of nitrogens with one attached hydrogen (secondary N) is 2. The maximum Gasteiger partial charge on any atom is 0.284 e. The van der Waals surface area contributed by atoms with Crippen LogP contribution in [0.25, 0.3) is 0 Å². The molecule has 1 amide bonds. The van der Waals surface area contributed by atoms with Crippen molar-refractivity contribution in [2.75, 3.05) is 13.1 Å². The molecule has 2 aromatic rings. The second-order valence-electron chi connectivity index (χ2n) is 5.13. The second-order valence-corrected chi connectivity index (χ2v) is 5.57. The van der Waals surface area contributed by atoms with Gasteiger partial charge in [-0.3, -0.25) is 4.79 Å². The second kappa shape index (κ2) is 8.98. The molecule has 1 aromatic heterocycles. The summed E-state index contributed by atoms with van der Waals surface area (Å²) in [6.45, 7) is 3.80. The van der Waals surface area contributed by atoms with Gasteiger partial charge in [-0.2, -0.15) is 0 Å². The number of carbonyl (C=O) groups excluding carboxylic acids is 1. The van der Waals surface area contributed by atoms with Crippen LogP contribution in [0.3, 0.4) is 0 Å². The number of hydrogen-bond donors (Lipinski definition) is 3. The highest BCUT2D eigenvalue weighted by Crippen LogP contribution is 2.10. The lowest BCUT2D eigenvalue weighted by atomic mass is 10.1. The molecule has 0 aliphatic rings. The molecule has 0 saturated carbocycles. The van der Waals surface area contributed by atoms with Crippen molar-refractivity contribution in [3.05, 3.63) is 58.5 Å². The smallest absolute Gasteiger partial charge is 0.284 e. The highest BCUT2D eigenvalue weighted by Gasteiger charge is 2.06. The quantitative estimate of drug-likeness (QED) is 0.529. The molecule has 7 heteroatoms. The Bertz CT molecular complexity index is 695. The van der Waals surface area contributed by atoms with Gasteiger partial charge in [0, 0.05) is 18.1 Å². The third-order valence-corrected chi connectivity index (χ3v) is 3.51. The molecule has 0 spiro atoms. The Kier molecular flexibility index (Phi) is 6.69. The average molecular weight is 349 g/mol. The minimum Gasteiger partial charge on any atom is -0.454 e. The van der Waals surface area contributed by atoms with Crippen molar-refractivity contribution in [3.63, 3.8) is 0 Å². The van der Waals surface area contributed by atoms with Crippen molar-refractivity contribution < 1.29 is 9.21 Å². The minimum absolute atomic E-state index is 0.140. The zero-order chi connectivity index (χ0) is 17.4. The first kappa shape index (κ1) is 17.9. The molecule has 1 aromatic carbocycles. The molecule has 0 saturated heterocycles. The van der Waals surface area contributed by atoms with Crippen molar-refractivity contribution >= 4 is 23.5 Å². The van der Waals surface area contributed by atoms with Gasteiger partial charge in [-0.15, -0.1) is 0 Å². The zero-order valence-electron chi connectivity index (χ0n) is 13.5. The van der Waals surface area contributed by atoms with Crippen molar-refractivity contribution in [2.24, 2.45) is 10.7 Å². The van der Waals surface area contributed by atoms with Crippen LogP contribution >= 0.6 is 11.6 Å². The molecule has 128 valence electrons. The van der Waals surface area contributed by atoms with Gasteiger partial charge in [-0.25, -0.2) is 4.99 Å². The van der Waals surface area contributed by atoms with Gasteiger partial charge in [0.25, 0.3) is 5.91 Å². The van der Waals surface area contributed by atoms with Crippen LogP contribution in [0.4, 0.5) is 0 Å². The molecule has 0 bridgehead atoms. The van der Waals surface area contributed by atoms with E-state index in [2.05, 4.69) is 15.6 Å². The number of guanidine groups is 1. The molecule has 24 heavy (non-hydrogen) atoms. The van der Waals surface area contributed by atoms with Gasteiger partial charge < -0.3 is 20.8 Å². The number of amides is 1. The van der Waals surface area contributed by atoms with Gasteiger partial charge in [0.05, 0.1) is 0 Å². The molecule has 0 radical (unpaired) electrons.